The van der Waals surface area contributed by atoms with Gasteiger partial charge in [0.05, 0.1) is 6.04 Å². The van der Waals surface area contributed by atoms with E-state index in [9.17, 15) is 4.79 Å². The first-order chi connectivity index (χ1) is 14.2. The first-order valence-electron chi connectivity index (χ1n) is 10.9. The Balaban J connectivity index is 1.41. The molecule has 4 rings (SSSR count). The third-order valence-corrected chi connectivity index (χ3v) is 6.56. The van der Waals surface area contributed by atoms with Gasteiger partial charge in [0, 0.05) is 57.1 Å². The summed E-state index contributed by atoms with van der Waals surface area (Å²) in [4.78, 5) is 19.5. The second kappa shape index (κ2) is 8.99. The number of benzene rings is 1. The molecule has 2 amide bonds. The van der Waals surface area contributed by atoms with Gasteiger partial charge < -0.3 is 19.5 Å². The second-order valence-electron chi connectivity index (χ2n) is 8.26. The first-order valence-corrected chi connectivity index (χ1v) is 10.9. The van der Waals surface area contributed by atoms with Crippen LogP contribution in [0.1, 0.15) is 50.0 Å². The highest BCUT2D eigenvalue weighted by atomic mass is 16.5. The Labute approximate surface area is 173 Å². The van der Waals surface area contributed by atoms with Gasteiger partial charge in [-0.2, -0.15) is 0 Å². The molecule has 2 aromatic rings. The minimum absolute atomic E-state index is 0.0376. The highest BCUT2D eigenvalue weighted by Gasteiger charge is 2.35. The fourth-order valence-corrected chi connectivity index (χ4v) is 4.79. The monoisotopic (exact) mass is 396 g/mol. The summed E-state index contributed by atoms with van der Waals surface area (Å²) in [5, 5.41) is 3.26. The van der Waals surface area contributed by atoms with Gasteiger partial charge in [-0.15, -0.1) is 0 Å². The van der Waals surface area contributed by atoms with Crippen molar-refractivity contribution in [3.63, 3.8) is 0 Å². The number of rotatable bonds is 5. The van der Waals surface area contributed by atoms with Crippen LogP contribution in [0.15, 0.2) is 42.7 Å². The zero-order chi connectivity index (χ0) is 20.1. The molecule has 0 spiro atoms. The lowest BCUT2D eigenvalue weighted by Crippen LogP contribution is -2.51. The molecule has 0 saturated carbocycles. The summed E-state index contributed by atoms with van der Waals surface area (Å²) in [5.74, 6) is 1.10. The van der Waals surface area contributed by atoms with Crippen LogP contribution in [0.4, 0.5) is 4.79 Å². The number of ether oxygens (including phenoxy) is 1. The van der Waals surface area contributed by atoms with E-state index >= 15 is 0 Å². The molecule has 6 nitrogen and oxygen atoms in total. The van der Waals surface area contributed by atoms with Crippen LogP contribution in [-0.4, -0.2) is 53.3 Å². The summed E-state index contributed by atoms with van der Waals surface area (Å²) in [6.07, 6.45) is 8.83. The van der Waals surface area contributed by atoms with Crippen LogP contribution >= 0.6 is 0 Å². The number of carbonyl (C=O) groups is 1. The van der Waals surface area contributed by atoms with Gasteiger partial charge in [-0.25, -0.2) is 9.78 Å². The summed E-state index contributed by atoms with van der Waals surface area (Å²) in [6, 6.07) is 10.9. The molecule has 2 saturated heterocycles. The molecule has 2 aliphatic heterocycles. The summed E-state index contributed by atoms with van der Waals surface area (Å²) in [7, 11) is 0. The van der Waals surface area contributed by atoms with E-state index in [1.807, 2.05) is 17.2 Å². The summed E-state index contributed by atoms with van der Waals surface area (Å²) in [6.45, 7) is 5.85. The Hall–Kier alpha value is -2.34. The van der Waals surface area contributed by atoms with Crippen molar-refractivity contribution >= 4 is 6.03 Å². The van der Waals surface area contributed by atoms with Gasteiger partial charge in [-0.3, -0.25) is 0 Å². The molecule has 1 N–H and O–H groups in total. The van der Waals surface area contributed by atoms with Gasteiger partial charge in [0.1, 0.15) is 5.82 Å². The van der Waals surface area contributed by atoms with Crippen LogP contribution in [0.25, 0.3) is 0 Å². The summed E-state index contributed by atoms with van der Waals surface area (Å²) < 4.78 is 7.87. The quantitative estimate of drug-likeness (QED) is 0.841. The lowest BCUT2D eigenvalue weighted by atomic mass is 9.74. The fraction of sp³-hybridized carbons (Fsp3) is 0.565. The number of likely N-dealkylation sites (tertiary alicyclic amines) is 1. The molecule has 1 aromatic heterocycles. The zero-order valence-electron chi connectivity index (χ0n) is 17.3. The van der Waals surface area contributed by atoms with Gasteiger partial charge in [0.15, 0.2) is 0 Å². The van der Waals surface area contributed by atoms with Crippen LogP contribution in [0.2, 0.25) is 0 Å². The van der Waals surface area contributed by atoms with Crippen molar-refractivity contribution in [1.29, 1.82) is 0 Å². The molecular weight excluding hydrogens is 364 g/mol. The summed E-state index contributed by atoms with van der Waals surface area (Å²) >= 11 is 0. The van der Waals surface area contributed by atoms with E-state index in [-0.39, 0.29) is 11.4 Å². The molecule has 29 heavy (non-hydrogen) atoms. The van der Waals surface area contributed by atoms with Crippen molar-refractivity contribution in [3.8, 4) is 0 Å². The number of aryl methyl sites for hydroxylation is 1. The van der Waals surface area contributed by atoms with Gasteiger partial charge in [0.25, 0.3) is 0 Å². The van der Waals surface area contributed by atoms with Crippen molar-refractivity contribution in [2.24, 2.45) is 0 Å². The predicted octanol–water partition coefficient (Wildman–Crippen LogP) is 3.54. The molecule has 6 heteroatoms. The first kappa shape index (κ1) is 20.0. The smallest absolute Gasteiger partial charge is 0.317 e. The average molecular weight is 397 g/mol. The van der Waals surface area contributed by atoms with E-state index in [0.717, 1.165) is 64.2 Å². The third kappa shape index (κ3) is 4.32. The van der Waals surface area contributed by atoms with E-state index in [4.69, 9.17) is 4.74 Å². The van der Waals surface area contributed by atoms with Crippen molar-refractivity contribution in [3.05, 3.63) is 54.1 Å². The molecule has 156 valence electrons. The normalized spacial score (nSPS) is 21.7. The Bertz CT molecular complexity index is 798. The number of nitrogens with zero attached hydrogens (tertiary/aromatic N) is 3. The maximum Gasteiger partial charge on any atom is 0.317 e. The van der Waals surface area contributed by atoms with E-state index in [1.54, 1.807) is 0 Å². The van der Waals surface area contributed by atoms with Gasteiger partial charge in [0.2, 0.25) is 0 Å². The number of amides is 2. The molecule has 0 radical (unpaired) electrons. The minimum Gasteiger partial charge on any atom is -0.381 e. The Morgan fingerprint density at radius 1 is 1.28 bits per heavy atom. The number of hydrogen-bond donors (Lipinski definition) is 1. The van der Waals surface area contributed by atoms with Gasteiger partial charge >= 0.3 is 6.03 Å². The molecule has 1 atom stereocenters. The molecule has 2 fully saturated rings. The molecule has 1 aromatic carbocycles. The Morgan fingerprint density at radius 3 is 2.83 bits per heavy atom. The van der Waals surface area contributed by atoms with Crippen molar-refractivity contribution in [2.75, 3.05) is 32.8 Å². The molecule has 0 aliphatic carbocycles. The number of aromatic nitrogens is 2. The van der Waals surface area contributed by atoms with Gasteiger partial charge in [-0.05, 0) is 31.2 Å². The number of urea groups is 1. The molecule has 0 bridgehead atoms. The largest absolute Gasteiger partial charge is 0.381 e. The molecule has 3 heterocycles. The number of piperidine rings is 1. The number of hydrogen-bond acceptors (Lipinski definition) is 3. The lowest BCUT2D eigenvalue weighted by Gasteiger charge is -2.39. The predicted molar refractivity (Wildman–Crippen MR) is 113 cm³/mol. The maximum absolute atomic E-state index is 13.0. The second-order valence-corrected chi connectivity index (χ2v) is 8.26. The van der Waals surface area contributed by atoms with Crippen LogP contribution in [0.5, 0.6) is 0 Å². The standard InChI is InChI=1S/C23H32N4O2/c1-2-21-24-12-14-27(21)20-9-6-13-26(17-20)22(28)25-18-23(10-15-29-16-11-23)19-7-4-3-5-8-19/h3-5,7-8,12,14,20H,2,6,9-11,13,15-18H2,1H3,(H,25,28). The van der Waals surface area contributed by atoms with E-state index < -0.39 is 0 Å². The van der Waals surface area contributed by atoms with Crippen LogP contribution in [0.3, 0.4) is 0 Å². The van der Waals surface area contributed by atoms with Crippen LogP contribution in [-0.2, 0) is 16.6 Å². The molecule has 2 aliphatic rings. The molecule has 1 unspecified atom stereocenters. The SMILES string of the molecule is CCc1nccn1C1CCCN(C(=O)NCC2(c3ccccc3)CCOCC2)C1. The summed E-state index contributed by atoms with van der Waals surface area (Å²) in [5.41, 5.74) is 1.26. The number of carbonyl (C=O) groups excluding carboxylic acids is 1. The van der Waals surface area contributed by atoms with E-state index in [2.05, 4.69) is 52.3 Å². The maximum atomic E-state index is 13.0. The Morgan fingerprint density at radius 2 is 2.07 bits per heavy atom. The average Bonchev–Trinajstić information content (AvgIpc) is 3.28. The topological polar surface area (TPSA) is 59.4 Å². The Kier molecular flexibility index (Phi) is 6.19. The lowest BCUT2D eigenvalue weighted by molar-refractivity contribution is 0.0498. The van der Waals surface area contributed by atoms with Crippen molar-refractivity contribution in [1.82, 2.24) is 19.8 Å². The van der Waals surface area contributed by atoms with E-state index in [0.29, 0.717) is 12.6 Å². The van der Waals surface area contributed by atoms with Crippen molar-refractivity contribution in [2.45, 2.75) is 50.5 Å². The van der Waals surface area contributed by atoms with Crippen LogP contribution < -0.4 is 5.32 Å². The third-order valence-electron chi connectivity index (χ3n) is 6.56. The minimum atomic E-state index is -0.0376. The van der Waals surface area contributed by atoms with Crippen molar-refractivity contribution < 1.29 is 9.53 Å². The number of imidazole rings is 1. The number of nitrogens with one attached hydrogen (secondary N) is 1. The van der Waals surface area contributed by atoms with E-state index in [1.165, 1.54) is 5.56 Å². The van der Waals surface area contributed by atoms with Gasteiger partial charge in [-0.1, -0.05) is 37.3 Å². The fourth-order valence-electron chi connectivity index (χ4n) is 4.79. The highest BCUT2D eigenvalue weighted by Crippen LogP contribution is 2.34. The zero-order valence-corrected chi connectivity index (χ0v) is 17.3. The molecular formula is C23H32N4O2. The van der Waals surface area contributed by atoms with Crippen LogP contribution in [0, 0.1) is 0 Å². The highest BCUT2D eigenvalue weighted by molar-refractivity contribution is 5.74.